The topological polar surface area (TPSA) is 8.17 Å². The molecule has 1 aromatic carbocycles. The number of benzene rings is 1. The summed E-state index contributed by atoms with van der Waals surface area (Å²) in [6, 6.07) is 5.37. The monoisotopic (exact) mass is 234 g/mol. The zero-order valence-corrected chi connectivity index (χ0v) is 10.9. The van der Waals surface area contributed by atoms with Crippen molar-refractivity contribution in [3.63, 3.8) is 0 Å². The average molecular weight is 234 g/mol. The maximum Gasteiger partial charge on any atom is 0.125 e. The molecule has 0 aliphatic rings. The van der Waals surface area contributed by atoms with Crippen molar-refractivity contribution in [2.75, 3.05) is 14.1 Å². The number of nitrogens with zero attached hydrogens (tertiary/aromatic N) is 2. The van der Waals surface area contributed by atoms with E-state index in [1.165, 1.54) is 11.6 Å². The second kappa shape index (κ2) is 4.49. The van der Waals surface area contributed by atoms with Gasteiger partial charge in [-0.15, -0.1) is 0 Å². The third-order valence-corrected chi connectivity index (χ3v) is 2.92. The van der Waals surface area contributed by atoms with E-state index in [1.54, 1.807) is 6.07 Å². The summed E-state index contributed by atoms with van der Waals surface area (Å²) in [6.07, 6.45) is 2.13. The molecule has 0 saturated heterocycles. The molecule has 0 spiro atoms. The standard InChI is InChI=1S/C14H19FN2/c1-10(2)17-9-11(8-16(3)4)13-6-5-12(15)7-14(13)17/h5-7,9-10H,8H2,1-4H3. The Labute approximate surface area is 102 Å². The highest BCUT2D eigenvalue weighted by Crippen LogP contribution is 2.26. The summed E-state index contributed by atoms with van der Waals surface area (Å²) in [5.41, 5.74) is 2.23. The lowest BCUT2D eigenvalue weighted by Gasteiger charge is -2.09. The van der Waals surface area contributed by atoms with Gasteiger partial charge in [0, 0.05) is 24.2 Å². The Kier molecular flexibility index (Phi) is 3.20. The number of hydrogen-bond donors (Lipinski definition) is 0. The summed E-state index contributed by atoms with van der Waals surface area (Å²) < 4.78 is 15.5. The van der Waals surface area contributed by atoms with Crippen LogP contribution in [0.4, 0.5) is 4.39 Å². The van der Waals surface area contributed by atoms with Gasteiger partial charge in [-0.25, -0.2) is 4.39 Å². The minimum atomic E-state index is -0.172. The molecule has 0 aliphatic carbocycles. The molecule has 0 atom stereocenters. The van der Waals surface area contributed by atoms with Crippen LogP contribution in [0.1, 0.15) is 25.5 Å². The van der Waals surface area contributed by atoms with E-state index < -0.39 is 0 Å². The number of aromatic nitrogens is 1. The highest BCUT2D eigenvalue weighted by Gasteiger charge is 2.11. The lowest BCUT2D eigenvalue weighted by Crippen LogP contribution is -2.10. The Hall–Kier alpha value is -1.35. The van der Waals surface area contributed by atoms with Crippen LogP contribution in [0.3, 0.4) is 0 Å². The van der Waals surface area contributed by atoms with Crippen molar-refractivity contribution in [1.82, 2.24) is 9.47 Å². The van der Waals surface area contributed by atoms with Crippen LogP contribution in [0, 0.1) is 5.82 Å². The summed E-state index contributed by atoms with van der Waals surface area (Å²) in [5, 5.41) is 1.15. The molecule has 0 aliphatic heterocycles. The highest BCUT2D eigenvalue weighted by atomic mass is 19.1. The van der Waals surface area contributed by atoms with E-state index in [2.05, 4.69) is 29.5 Å². The Morgan fingerprint density at radius 1 is 1.29 bits per heavy atom. The van der Waals surface area contributed by atoms with Gasteiger partial charge in [-0.05, 0) is 51.7 Å². The Balaban J connectivity index is 2.62. The van der Waals surface area contributed by atoms with Gasteiger partial charge >= 0.3 is 0 Å². The van der Waals surface area contributed by atoms with E-state index in [4.69, 9.17) is 0 Å². The van der Waals surface area contributed by atoms with Crippen LogP contribution in [-0.4, -0.2) is 23.6 Å². The molecular formula is C14H19FN2. The molecule has 0 saturated carbocycles. The van der Waals surface area contributed by atoms with Crippen LogP contribution in [0.5, 0.6) is 0 Å². The average Bonchev–Trinajstić information content (AvgIpc) is 2.55. The third-order valence-electron chi connectivity index (χ3n) is 2.92. The lowest BCUT2D eigenvalue weighted by atomic mass is 10.1. The molecule has 0 bridgehead atoms. The van der Waals surface area contributed by atoms with Crippen LogP contribution in [0.2, 0.25) is 0 Å². The summed E-state index contributed by atoms with van der Waals surface area (Å²) in [4.78, 5) is 2.13. The fourth-order valence-electron chi connectivity index (χ4n) is 2.19. The molecule has 0 amide bonds. The van der Waals surface area contributed by atoms with Crippen LogP contribution in [0.15, 0.2) is 24.4 Å². The van der Waals surface area contributed by atoms with E-state index in [9.17, 15) is 4.39 Å². The molecular weight excluding hydrogens is 215 g/mol. The minimum Gasteiger partial charge on any atom is -0.345 e. The van der Waals surface area contributed by atoms with Gasteiger partial charge in [-0.2, -0.15) is 0 Å². The normalized spacial score (nSPS) is 11.9. The SMILES string of the molecule is CC(C)n1cc(CN(C)C)c2ccc(F)cc21. The van der Waals surface area contributed by atoms with Gasteiger partial charge in [0.25, 0.3) is 0 Å². The number of hydrogen-bond acceptors (Lipinski definition) is 1. The molecule has 0 fully saturated rings. The molecule has 17 heavy (non-hydrogen) atoms. The van der Waals surface area contributed by atoms with E-state index >= 15 is 0 Å². The first kappa shape index (κ1) is 12.1. The predicted octanol–water partition coefficient (Wildman–Crippen LogP) is 3.42. The van der Waals surface area contributed by atoms with E-state index in [-0.39, 0.29) is 5.82 Å². The maximum absolute atomic E-state index is 13.3. The number of rotatable bonds is 3. The second-order valence-electron chi connectivity index (χ2n) is 5.05. The molecule has 2 aromatic rings. The fourth-order valence-corrected chi connectivity index (χ4v) is 2.19. The molecule has 2 nitrogen and oxygen atoms in total. The van der Waals surface area contributed by atoms with Crippen LogP contribution in [-0.2, 0) is 6.54 Å². The molecule has 0 radical (unpaired) electrons. The van der Waals surface area contributed by atoms with Gasteiger partial charge in [0.05, 0.1) is 5.52 Å². The Bertz CT molecular complexity index is 526. The second-order valence-corrected chi connectivity index (χ2v) is 5.05. The first-order valence-electron chi connectivity index (χ1n) is 5.92. The lowest BCUT2D eigenvalue weighted by molar-refractivity contribution is 0.403. The van der Waals surface area contributed by atoms with Crippen molar-refractivity contribution in [1.29, 1.82) is 0 Å². The summed E-state index contributed by atoms with van der Waals surface area (Å²) in [6.45, 7) is 5.11. The Morgan fingerprint density at radius 3 is 2.59 bits per heavy atom. The first-order chi connectivity index (χ1) is 7.99. The van der Waals surface area contributed by atoms with Crippen LogP contribution >= 0.6 is 0 Å². The molecule has 1 aromatic heterocycles. The molecule has 3 heteroatoms. The molecule has 0 unspecified atom stereocenters. The fraction of sp³-hybridized carbons (Fsp3) is 0.429. The molecule has 0 N–H and O–H groups in total. The number of fused-ring (bicyclic) bond motifs is 1. The Morgan fingerprint density at radius 2 is 2.00 bits per heavy atom. The van der Waals surface area contributed by atoms with Crippen molar-refractivity contribution >= 4 is 10.9 Å². The molecule has 92 valence electrons. The van der Waals surface area contributed by atoms with Crippen molar-refractivity contribution in [2.45, 2.75) is 26.4 Å². The quantitative estimate of drug-likeness (QED) is 0.790. The highest BCUT2D eigenvalue weighted by molar-refractivity contribution is 5.84. The van der Waals surface area contributed by atoms with Gasteiger partial charge in [0.1, 0.15) is 5.82 Å². The molecule has 1 heterocycles. The van der Waals surface area contributed by atoms with Gasteiger partial charge in [-0.1, -0.05) is 0 Å². The van der Waals surface area contributed by atoms with Gasteiger partial charge in [0.2, 0.25) is 0 Å². The van der Waals surface area contributed by atoms with Gasteiger partial charge < -0.3 is 9.47 Å². The van der Waals surface area contributed by atoms with Crippen LogP contribution in [0.25, 0.3) is 10.9 Å². The van der Waals surface area contributed by atoms with Crippen molar-refractivity contribution in [2.24, 2.45) is 0 Å². The number of halogens is 1. The summed E-state index contributed by atoms with van der Waals surface area (Å²) in [7, 11) is 4.09. The van der Waals surface area contributed by atoms with Gasteiger partial charge in [0.15, 0.2) is 0 Å². The van der Waals surface area contributed by atoms with Gasteiger partial charge in [-0.3, -0.25) is 0 Å². The largest absolute Gasteiger partial charge is 0.345 e. The van der Waals surface area contributed by atoms with E-state index in [0.717, 1.165) is 17.4 Å². The smallest absolute Gasteiger partial charge is 0.125 e. The van der Waals surface area contributed by atoms with Crippen molar-refractivity contribution in [3.05, 3.63) is 35.8 Å². The zero-order chi connectivity index (χ0) is 12.6. The van der Waals surface area contributed by atoms with Crippen molar-refractivity contribution < 1.29 is 4.39 Å². The third kappa shape index (κ3) is 2.34. The zero-order valence-electron chi connectivity index (χ0n) is 10.9. The summed E-state index contributed by atoms with van der Waals surface area (Å²) >= 11 is 0. The van der Waals surface area contributed by atoms with E-state index in [0.29, 0.717) is 6.04 Å². The van der Waals surface area contributed by atoms with Crippen LogP contribution < -0.4 is 0 Å². The predicted molar refractivity (Wildman–Crippen MR) is 69.7 cm³/mol. The van der Waals surface area contributed by atoms with E-state index in [1.807, 2.05) is 20.2 Å². The summed E-state index contributed by atoms with van der Waals surface area (Å²) in [5.74, 6) is -0.172. The minimum absolute atomic E-state index is 0.172. The molecule has 2 rings (SSSR count). The van der Waals surface area contributed by atoms with Crippen molar-refractivity contribution in [3.8, 4) is 0 Å². The maximum atomic E-state index is 13.3. The first-order valence-corrected chi connectivity index (χ1v) is 5.92.